The molecule has 2 heteroatoms. The predicted molar refractivity (Wildman–Crippen MR) is 85.9 cm³/mol. The zero-order valence-corrected chi connectivity index (χ0v) is 12.3. The van der Waals surface area contributed by atoms with E-state index in [4.69, 9.17) is 0 Å². The summed E-state index contributed by atoms with van der Waals surface area (Å²) in [6, 6.07) is 0. The van der Waals surface area contributed by atoms with Gasteiger partial charge in [-0.3, -0.25) is 9.59 Å². The van der Waals surface area contributed by atoms with Crippen LogP contribution in [0.3, 0.4) is 0 Å². The molecule has 4 unspecified atom stereocenters. The van der Waals surface area contributed by atoms with Crippen molar-refractivity contribution in [1.82, 2.24) is 0 Å². The van der Waals surface area contributed by atoms with E-state index in [1.807, 2.05) is 36.5 Å². The summed E-state index contributed by atoms with van der Waals surface area (Å²) in [5.41, 5.74) is 2.37. The van der Waals surface area contributed by atoms with E-state index < -0.39 is 0 Å². The Labute approximate surface area is 130 Å². The maximum atomic E-state index is 12.7. The van der Waals surface area contributed by atoms with E-state index in [1.165, 1.54) is 11.1 Å². The van der Waals surface area contributed by atoms with Gasteiger partial charge >= 0.3 is 0 Å². The van der Waals surface area contributed by atoms with Gasteiger partial charge in [0.05, 0.1) is 0 Å². The van der Waals surface area contributed by atoms with Crippen LogP contribution in [0.4, 0.5) is 0 Å². The first-order chi connectivity index (χ1) is 10.8. The van der Waals surface area contributed by atoms with E-state index in [0.29, 0.717) is 12.8 Å². The normalized spacial score (nSPS) is 35.8. The Morgan fingerprint density at radius 1 is 0.682 bits per heavy atom. The van der Waals surface area contributed by atoms with Gasteiger partial charge in [0, 0.05) is 36.5 Å². The molecular formula is C20H18O2. The van der Waals surface area contributed by atoms with Crippen LogP contribution in [-0.4, -0.2) is 11.6 Å². The smallest absolute Gasteiger partial charge is 0.141 e. The number of rotatable bonds is 1. The van der Waals surface area contributed by atoms with Crippen LogP contribution in [0.25, 0.3) is 0 Å². The van der Waals surface area contributed by atoms with Gasteiger partial charge in [-0.1, -0.05) is 60.8 Å². The number of hydrogen-bond acceptors (Lipinski definition) is 2. The Hall–Kier alpha value is -2.22. The van der Waals surface area contributed by atoms with Gasteiger partial charge in [-0.15, -0.1) is 0 Å². The zero-order chi connectivity index (χ0) is 15.1. The quantitative estimate of drug-likeness (QED) is 0.740. The molecule has 110 valence electrons. The van der Waals surface area contributed by atoms with E-state index in [-0.39, 0.29) is 35.2 Å². The molecule has 0 aromatic carbocycles. The monoisotopic (exact) mass is 290 g/mol. The lowest BCUT2D eigenvalue weighted by Crippen LogP contribution is -2.43. The van der Waals surface area contributed by atoms with Gasteiger partial charge in [0.15, 0.2) is 0 Å². The maximum absolute atomic E-state index is 12.7. The molecule has 4 rings (SSSR count). The number of Topliss-reactive ketones (excluding diaryl/α,β-unsaturated/α-hetero) is 2. The zero-order valence-electron chi connectivity index (χ0n) is 12.3. The molecule has 4 aliphatic rings. The molecule has 0 N–H and O–H groups in total. The van der Waals surface area contributed by atoms with Crippen LogP contribution in [-0.2, 0) is 9.59 Å². The van der Waals surface area contributed by atoms with Crippen molar-refractivity contribution in [2.75, 3.05) is 0 Å². The van der Waals surface area contributed by atoms with Gasteiger partial charge in [0.2, 0.25) is 0 Å². The Morgan fingerprint density at radius 3 is 1.59 bits per heavy atom. The molecule has 0 radical (unpaired) electrons. The highest BCUT2D eigenvalue weighted by Crippen LogP contribution is 2.45. The van der Waals surface area contributed by atoms with Crippen LogP contribution in [0.1, 0.15) is 12.8 Å². The fraction of sp³-hybridized carbons (Fsp3) is 0.300. The molecule has 4 aliphatic carbocycles. The van der Waals surface area contributed by atoms with Crippen molar-refractivity contribution in [3.8, 4) is 0 Å². The molecule has 0 aromatic rings. The third-order valence-corrected chi connectivity index (χ3v) is 5.19. The highest BCUT2D eigenvalue weighted by atomic mass is 16.1. The molecule has 0 aromatic heterocycles. The van der Waals surface area contributed by atoms with Crippen LogP contribution in [0.2, 0.25) is 0 Å². The van der Waals surface area contributed by atoms with Crippen LogP contribution in [0, 0.1) is 23.7 Å². The SMILES string of the molecule is O=C1CC=C2C=CC=CC2C1C1C(=O)CC=C2C=CC=CC21. The molecule has 0 aliphatic heterocycles. The van der Waals surface area contributed by atoms with Gasteiger partial charge in [0.1, 0.15) is 11.6 Å². The van der Waals surface area contributed by atoms with Crippen molar-refractivity contribution in [2.24, 2.45) is 23.7 Å². The van der Waals surface area contributed by atoms with Gasteiger partial charge in [-0.2, -0.15) is 0 Å². The number of carbonyl (C=O) groups is 2. The lowest BCUT2D eigenvalue weighted by molar-refractivity contribution is -0.134. The van der Waals surface area contributed by atoms with Crippen LogP contribution < -0.4 is 0 Å². The van der Waals surface area contributed by atoms with Gasteiger partial charge in [-0.05, 0) is 11.1 Å². The standard InChI is InChI=1S/C20H18O2/c21-17-11-9-13-5-1-3-7-15(13)19(17)20-16-8-4-2-6-14(16)10-12-18(20)22/h1-10,15-16,19-20H,11-12H2. The third-order valence-electron chi connectivity index (χ3n) is 5.19. The molecule has 0 amide bonds. The highest BCUT2D eigenvalue weighted by Gasteiger charge is 2.45. The minimum absolute atomic E-state index is 0.0545. The Bertz CT molecular complexity index is 650. The molecule has 0 heterocycles. The van der Waals surface area contributed by atoms with Crippen molar-refractivity contribution in [3.63, 3.8) is 0 Å². The van der Waals surface area contributed by atoms with Crippen molar-refractivity contribution in [2.45, 2.75) is 12.8 Å². The van der Waals surface area contributed by atoms with Crippen molar-refractivity contribution in [1.29, 1.82) is 0 Å². The molecule has 2 nitrogen and oxygen atoms in total. The number of fused-ring (bicyclic) bond motifs is 2. The van der Waals surface area contributed by atoms with Gasteiger partial charge in [-0.25, -0.2) is 0 Å². The summed E-state index contributed by atoms with van der Waals surface area (Å²) in [4.78, 5) is 25.3. The fourth-order valence-electron chi connectivity index (χ4n) is 4.16. The summed E-state index contributed by atoms with van der Waals surface area (Å²) in [6.45, 7) is 0. The van der Waals surface area contributed by atoms with E-state index in [2.05, 4.69) is 24.3 Å². The summed E-state index contributed by atoms with van der Waals surface area (Å²) in [7, 11) is 0. The molecule has 4 atom stereocenters. The highest BCUT2D eigenvalue weighted by molar-refractivity contribution is 5.94. The topological polar surface area (TPSA) is 34.1 Å². The minimum Gasteiger partial charge on any atom is -0.299 e. The Kier molecular flexibility index (Phi) is 3.18. The Balaban J connectivity index is 1.76. The summed E-state index contributed by atoms with van der Waals surface area (Å²) in [5, 5.41) is 0. The molecule has 22 heavy (non-hydrogen) atoms. The lowest BCUT2D eigenvalue weighted by Gasteiger charge is -2.40. The van der Waals surface area contributed by atoms with Crippen molar-refractivity contribution in [3.05, 3.63) is 71.9 Å². The summed E-state index contributed by atoms with van der Waals surface area (Å²) >= 11 is 0. The second kappa shape index (κ2) is 5.20. The summed E-state index contributed by atoms with van der Waals surface area (Å²) in [6.07, 6.45) is 21.3. The largest absolute Gasteiger partial charge is 0.299 e. The molecule has 0 saturated carbocycles. The maximum Gasteiger partial charge on any atom is 0.141 e. The number of hydrogen-bond donors (Lipinski definition) is 0. The van der Waals surface area contributed by atoms with E-state index in [0.717, 1.165) is 0 Å². The molecular weight excluding hydrogens is 272 g/mol. The molecule has 0 saturated heterocycles. The molecule has 0 fully saturated rings. The van der Waals surface area contributed by atoms with E-state index in [9.17, 15) is 9.59 Å². The molecule has 0 spiro atoms. The third kappa shape index (κ3) is 2.02. The van der Waals surface area contributed by atoms with Gasteiger partial charge in [0.25, 0.3) is 0 Å². The summed E-state index contributed by atoms with van der Waals surface area (Å²) in [5.74, 6) is 0.0716. The van der Waals surface area contributed by atoms with Crippen molar-refractivity contribution >= 4 is 11.6 Å². The first-order valence-electron chi connectivity index (χ1n) is 7.91. The minimum atomic E-state index is -0.224. The average Bonchev–Trinajstić information content (AvgIpc) is 2.56. The average molecular weight is 290 g/mol. The van der Waals surface area contributed by atoms with Crippen molar-refractivity contribution < 1.29 is 9.59 Å². The Morgan fingerprint density at radius 2 is 1.14 bits per heavy atom. The van der Waals surface area contributed by atoms with E-state index >= 15 is 0 Å². The second-order valence-corrected chi connectivity index (χ2v) is 6.34. The lowest BCUT2D eigenvalue weighted by atomic mass is 9.61. The number of carbonyl (C=O) groups excluding carboxylic acids is 2. The predicted octanol–water partition coefficient (Wildman–Crippen LogP) is 3.50. The first kappa shape index (κ1) is 13.4. The van der Waals surface area contributed by atoms with Crippen LogP contribution in [0.15, 0.2) is 71.9 Å². The van der Waals surface area contributed by atoms with Crippen LogP contribution >= 0.6 is 0 Å². The van der Waals surface area contributed by atoms with Crippen LogP contribution in [0.5, 0.6) is 0 Å². The number of ketones is 2. The van der Waals surface area contributed by atoms with E-state index in [1.54, 1.807) is 0 Å². The molecule has 0 bridgehead atoms. The fourth-order valence-corrected chi connectivity index (χ4v) is 4.16. The number of allylic oxidation sites excluding steroid dienone is 12. The summed E-state index contributed by atoms with van der Waals surface area (Å²) < 4.78 is 0. The second-order valence-electron chi connectivity index (χ2n) is 6.34. The first-order valence-corrected chi connectivity index (χ1v) is 7.91. The van der Waals surface area contributed by atoms with Gasteiger partial charge < -0.3 is 0 Å².